The summed E-state index contributed by atoms with van der Waals surface area (Å²) in [4.78, 5) is 0. The summed E-state index contributed by atoms with van der Waals surface area (Å²) in [6.07, 6.45) is 0. The van der Waals surface area contributed by atoms with Crippen LogP contribution in [0.3, 0.4) is 0 Å². The number of benzene rings is 1. The first-order valence-electron chi connectivity index (χ1n) is 5.23. The highest BCUT2D eigenvalue weighted by atomic mass is 32.1. The van der Waals surface area contributed by atoms with Crippen LogP contribution < -0.4 is 10.6 Å². The van der Waals surface area contributed by atoms with Crippen molar-refractivity contribution in [3.05, 3.63) is 30.0 Å². The largest absolute Gasteiger partial charge is 0.314 e. The van der Waals surface area contributed by atoms with Crippen LogP contribution in [0.2, 0.25) is 0 Å². The van der Waals surface area contributed by atoms with E-state index in [2.05, 4.69) is 39.3 Å². The zero-order chi connectivity index (χ0) is 10.1. The van der Waals surface area contributed by atoms with E-state index < -0.39 is 0 Å². The highest BCUT2D eigenvalue weighted by Gasteiger charge is 2.18. The summed E-state index contributed by atoms with van der Waals surface area (Å²) in [5.74, 6) is 0. The van der Waals surface area contributed by atoms with Gasteiger partial charge in [-0.05, 0) is 17.6 Å². The summed E-state index contributed by atoms with van der Waals surface area (Å²) in [6.45, 7) is 3.06. The van der Waals surface area contributed by atoms with Crippen molar-refractivity contribution in [3.8, 4) is 0 Å². The molecule has 1 saturated heterocycles. The predicted octanol–water partition coefficient (Wildman–Crippen LogP) is 1.53. The van der Waals surface area contributed by atoms with Gasteiger partial charge < -0.3 is 10.6 Å². The normalized spacial score (nSPS) is 22.0. The van der Waals surface area contributed by atoms with Gasteiger partial charge >= 0.3 is 0 Å². The molecule has 1 aromatic heterocycles. The summed E-state index contributed by atoms with van der Waals surface area (Å²) >= 11 is 1.59. The second kappa shape index (κ2) is 3.89. The van der Waals surface area contributed by atoms with Crippen LogP contribution in [-0.2, 0) is 0 Å². The molecule has 0 amide bonds. The molecule has 0 radical (unpaired) electrons. The molecule has 0 unspecified atom stereocenters. The molecule has 0 bridgehead atoms. The molecule has 0 aliphatic carbocycles. The minimum absolute atomic E-state index is 0.370. The fourth-order valence-corrected chi connectivity index (χ4v) is 2.84. The monoisotopic (exact) mass is 219 g/mol. The standard InChI is InChI=1S/C11H13N3S/c1-2-4-10-8(3-1)11(14-15-10)9-7-12-5-6-13-9/h1-4,9,12-13H,5-7H2/t9-/m1/s1. The van der Waals surface area contributed by atoms with Gasteiger partial charge in [-0.1, -0.05) is 18.2 Å². The molecule has 0 spiro atoms. The number of nitrogens with zero attached hydrogens (tertiary/aromatic N) is 1. The molecule has 1 atom stereocenters. The summed E-state index contributed by atoms with van der Waals surface area (Å²) in [5.41, 5.74) is 1.20. The van der Waals surface area contributed by atoms with E-state index in [1.165, 1.54) is 15.8 Å². The third-order valence-corrected chi connectivity index (χ3v) is 3.62. The summed E-state index contributed by atoms with van der Waals surface area (Å²) in [7, 11) is 0. The van der Waals surface area contributed by atoms with Crippen molar-refractivity contribution >= 4 is 21.6 Å². The van der Waals surface area contributed by atoms with Crippen molar-refractivity contribution in [1.29, 1.82) is 0 Å². The zero-order valence-corrected chi connectivity index (χ0v) is 9.18. The third-order valence-electron chi connectivity index (χ3n) is 2.78. The van der Waals surface area contributed by atoms with E-state index in [9.17, 15) is 0 Å². The molecule has 4 heteroatoms. The molecule has 1 fully saturated rings. The lowest BCUT2D eigenvalue weighted by Crippen LogP contribution is -2.42. The lowest BCUT2D eigenvalue weighted by Gasteiger charge is -2.23. The van der Waals surface area contributed by atoms with E-state index >= 15 is 0 Å². The quantitative estimate of drug-likeness (QED) is 0.763. The maximum absolute atomic E-state index is 4.56. The maximum atomic E-state index is 4.56. The number of hydrogen-bond donors (Lipinski definition) is 2. The Kier molecular flexibility index (Phi) is 2.40. The molecule has 1 aliphatic rings. The molecule has 3 nitrogen and oxygen atoms in total. The lowest BCUT2D eigenvalue weighted by molar-refractivity contribution is 0.427. The van der Waals surface area contributed by atoms with Gasteiger partial charge in [-0.3, -0.25) is 0 Å². The average Bonchev–Trinajstić information content (AvgIpc) is 2.74. The Morgan fingerprint density at radius 1 is 1.27 bits per heavy atom. The molecule has 2 N–H and O–H groups in total. The van der Waals surface area contributed by atoms with Crippen molar-refractivity contribution in [3.63, 3.8) is 0 Å². The second-order valence-corrected chi connectivity index (χ2v) is 4.58. The summed E-state index contributed by atoms with van der Waals surface area (Å²) in [5, 5.41) is 8.18. The fourth-order valence-electron chi connectivity index (χ4n) is 2.00. The number of hydrogen-bond acceptors (Lipinski definition) is 4. The van der Waals surface area contributed by atoms with Crippen LogP contribution in [0.5, 0.6) is 0 Å². The minimum Gasteiger partial charge on any atom is -0.314 e. The van der Waals surface area contributed by atoms with Crippen LogP contribution in [0, 0.1) is 0 Å². The van der Waals surface area contributed by atoms with Crippen LogP contribution in [0.4, 0.5) is 0 Å². The summed E-state index contributed by atoms with van der Waals surface area (Å²) < 4.78 is 5.84. The average molecular weight is 219 g/mol. The maximum Gasteiger partial charge on any atom is 0.0803 e. The Balaban J connectivity index is 2.02. The Bertz CT molecular complexity index is 460. The lowest BCUT2D eigenvalue weighted by atomic mass is 10.1. The Labute approximate surface area is 92.7 Å². The van der Waals surface area contributed by atoms with Gasteiger partial charge in [0.2, 0.25) is 0 Å². The number of fused-ring (bicyclic) bond motifs is 1. The van der Waals surface area contributed by atoms with Gasteiger partial charge in [0.15, 0.2) is 0 Å². The van der Waals surface area contributed by atoms with Gasteiger partial charge in [0.25, 0.3) is 0 Å². The van der Waals surface area contributed by atoms with Gasteiger partial charge in [0.1, 0.15) is 0 Å². The van der Waals surface area contributed by atoms with Gasteiger partial charge in [-0.25, -0.2) is 0 Å². The Morgan fingerprint density at radius 3 is 3.07 bits per heavy atom. The predicted molar refractivity (Wildman–Crippen MR) is 63.2 cm³/mol. The van der Waals surface area contributed by atoms with Crippen LogP contribution in [0.15, 0.2) is 24.3 Å². The van der Waals surface area contributed by atoms with Crippen molar-refractivity contribution in [1.82, 2.24) is 15.0 Å². The van der Waals surface area contributed by atoms with Gasteiger partial charge in [-0.15, -0.1) is 0 Å². The van der Waals surface area contributed by atoms with E-state index in [1.54, 1.807) is 11.5 Å². The van der Waals surface area contributed by atoms with Crippen LogP contribution in [0.25, 0.3) is 10.1 Å². The molecular formula is C11H13N3S. The molecule has 1 aliphatic heterocycles. The SMILES string of the molecule is c1ccc2c([C@H]3CNCCN3)nsc2c1. The topological polar surface area (TPSA) is 37.0 Å². The third kappa shape index (κ3) is 1.65. The van der Waals surface area contributed by atoms with Crippen LogP contribution in [-0.4, -0.2) is 24.0 Å². The second-order valence-electron chi connectivity index (χ2n) is 3.77. The number of aromatic nitrogens is 1. The molecular weight excluding hydrogens is 206 g/mol. The molecule has 2 heterocycles. The molecule has 0 saturated carbocycles. The van der Waals surface area contributed by atoms with Crippen LogP contribution in [0.1, 0.15) is 11.7 Å². The zero-order valence-electron chi connectivity index (χ0n) is 8.36. The first kappa shape index (κ1) is 9.27. The first-order chi connectivity index (χ1) is 7.45. The summed E-state index contributed by atoms with van der Waals surface area (Å²) in [6, 6.07) is 8.81. The van der Waals surface area contributed by atoms with Gasteiger partial charge in [0.05, 0.1) is 16.4 Å². The highest BCUT2D eigenvalue weighted by Crippen LogP contribution is 2.26. The number of nitrogens with one attached hydrogen (secondary N) is 2. The molecule has 3 rings (SSSR count). The Morgan fingerprint density at radius 2 is 2.20 bits per heavy atom. The molecule has 1 aromatic carbocycles. The highest BCUT2D eigenvalue weighted by molar-refractivity contribution is 7.13. The van der Waals surface area contributed by atoms with Crippen molar-refractivity contribution in [2.24, 2.45) is 0 Å². The van der Waals surface area contributed by atoms with Crippen molar-refractivity contribution < 1.29 is 0 Å². The minimum atomic E-state index is 0.370. The van der Waals surface area contributed by atoms with Gasteiger partial charge in [0, 0.05) is 25.0 Å². The number of piperazine rings is 1. The van der Waals surface area contributed by atoms with E-state index in [0.717, 1.165) is 19.6 Å². The fraction of sp³-hybridized carbons (Fsp3) is 0.364. The van der Waals surface area contributed by atoms with E-state index in [-0.39, 0.29) is 0 Å². The number of rotatable bonds is 1. The van der Waals surface area contributed by atoms with Gasteiger partial charge in [-0.2, -0.15) is 4.37 Å². The van der Waals surface area contributed by atoms with E-state index in [0.29, 0.717) is 6.04 Å². The van der Waals surface area contributed by atoms with E-state index in [1.807, 2.05) is 0 Å². The smallest absolute Gasteiger partial charge is 0.0803 e. The van der Waals surface area contributed by atoms with Crippen LogP contribution >= 0.6 is 11.5 Å². The van der Waals surface area contributed by atoms with Crippen molar-refractivity contribution in [2.75, 3.05) is 19.6 Å². The molecule has 15 heavy (non-hydrogen) atoms. The van der Waals surface area contributed by atoms with E-state index in [4.69, 9.17) is 0 Å². The Hall–Kier alpha value is -0.970. The first-order valence-corrected chi connectivity index (χ1v) is 6.01. The molecule has 2 aromatic rings. The molecule has 78 valence electrons. The van der Waals surface area contributed by atoms with Crippen molar-refractivity contribution in [2.45, 2.75) is 6.04 Å².